The van der Waals surface area contributed by atoms with E-state index < -0.39 is 0 Å². The van der Waals surface area contributed by atoms with Gasteiger partial charge in [-0.25, -0.2) is 0 Å². The van der Waals surface area contributed by atoms with E-state index in [4.69, 9.17) is 9.63 Å². The average molecular weight is 153 g/mol. The van der Waals surface area contributed by atoms with Crippen LogP contribution in [0.15, 0.2) is 10.6 Å². The van der Waals surface area contributed by atoms with Crippen LogP contribution in [-0.4, -0.2) is 10.3 Å². The van der Waals surface area contributed by atoms with Crippen LogP contribution >= 0.6 is 0 Å². The van der Waals surface area contributed by atoms with Crippen LogP contribution in [0.4, 0.5) is 0 Å². The van der Waals surface area contributed by atoms with Gasteiger partial charge < -0.3 is 9.63 Å². The smallest absolute Gasteiger partial charge is 0.140 e. The second-order valence-corrected chi connectivity index (χ2v) is 3.01. The van der Waals surface area contributed by atoms with Crippen molar-refractivity contribution in [3.8, 4) is 0 Å². The molecule has 60 valence electrons. The fourth-order valence-electron chi connectivity index (χ4n) is 1.29. The van der Waals surface area contributed by atoms with Crippen LogP contribution in [0.3, 0.4) is 0 Å². The molecule has 1 aromatic rings. The molecule has 0 amide bonds. The first-order valence-corrected chi connectivity index (χ1v) is 3.96. The van der Waals surface area contributed by atoms with Crippen molar-refractivity contribution in [2.75, 3.05) is 0 Å². The number of hydrogen-bond donors (Lipinski definition) is 1. The highest BCUT2D eigenvalue weighted by atomic mass is 16.5. The fraction of sp³-hybridized carbons (Fsp3) is 0.625. The van der Waals surface area contributed by atoms with Crippen molar-refractivity contribution in [1.82, 2.24) is 5.16 Å². The first-order valence-electron chi connectivity index (χ1n) is 3.96. The quantitative estimate of drug-likeness (QED) is 0.699. The predicted octanol–water partition coefficient (Wildman–Crippen LogP) is 1.43. The minimum absolute atomic E-state index is 0.0176. The SMILES string of the molecule is OCc1cc(C2CCC2)on1. The number of nitrogens with zero attached hydrogens (tertiary/aromatic N) is 1. The van der Waals surface area contributed by atoms with Gasteiger partial charge in [-0.3, -0.25) is 0 Å². The van der Waals surface area contributed by atoms with Gasteiger partial charge >= 0.3 is 0 Å². The lowest BCUT2D eigenvalue weighted by atomic mass is 9.83. The molecule has 0 spiro atoms. The number of rotatable bonds is 2. The molecule has 0 atom stereocenters. The maximum Gasteiger partial charge on any atom is 0.140 e. The first kappa shape index (κ1) is 6.85. The van der Waals surface area contributed by atoms with Crippen LogP contribution in [0, 0.1) is 0 Å². The van der Waals surface area contributed by atoms with E-state index in [-0.39, 0.29) is 6.61 Å². The summed E-state index contributed by atoms with van der Waals surface area (Å²) in [5.74, 6) is 1.52. The summed E-state index contributed by atoms with van der Waals surface area (Å²) < 4.78 is 5.05. The molecule has 1 heterocycles. The summed E-state index contributed by atoms with van der Waals surface area (Å²) in [6.45, 7) is -0.0176. The molecule has 3 nitrogen and oxygen atoms in total. The molecule has 0 saturated heterocycles. The Balaban J connectivity index is 2.11. The number of aliphatic hydroxyl groups is 1. The summed E-state index contributed by atoms with van der Waals surface area (Å²) in [6, 6.07) is 1.85. The summed E-state index contributed by atoms with van der Waals surface area (Å²) in [5.41, 5.74) is 0.645. The zero-order valence-corrected chi connectivity index (χ0v) is 6.29. The molecule has 3 heteroatoms. The van der Waals surface area contributed by atoms with Gasteiger partial charge in [-0.1, -0.05) is 11.6 Å². The largest absolute Gasteiger partial charge is 0.390 e. The van der Waals surface area contributed by atoms with E-state index in [1.165, 1.54) is 19.3 Å². The van der Waals surface area contributed by atoms with Crippen LogP contribution in [0.25, 0.3) is 0 Å². The van der Waals surface area contributed by atoms with Crippen molar-refractivity contribution in [2.45, 2.75) is 31.8 Å². The van der Waals surface area contributed by atoms with Crippen molar-refractivity contribution in [2.24, 2.45) is 0 Å². The number of aliphatic hydroxyl groups excluding tert-OH is 1. The molecule has 0 unspecified atom stereocenters. The highest BCUT2D eigenvalue weighted by Gasteiger charge is 2.23. The Morgan fingerprint density at radius 3 is 2.91 bits per heavy atom. The summed E-state index contributed by atoms with van der Waals surface area (Å²) in [7, 11) is 0. The van der Waals surface area contributed by atoms with Crippen molar-refractivity contribution >= 4 is 0 Å². The van der Waals surface area contributed by atoms with Crippen molar-refractivity contribution in [3.63, 3.8) is 0 Å². The number of hydrogen-bond acceptors (Lipinski definition) is 3. The minimum Gasteiger partial charge on any atom is -0.390 e. The Kier molecular flexibility index (Phi) is 1.66. The van der Waals surface area contributed by atoms with Crippen LogP contribution in [-0.2, 0) is 6.61 Å². The lowest BCUT2D eigenvalue weighted by Crippen LogP contribution is -2.07. The maximum atomic E-state index is 8.70. The monoisotopic (exact) mass is 153 g/mol. The van der Waals surface area contributed by atoms with Gasteiger partial charge in [0.15, 0.2) is 0 Å². The summed E-state index contributed by atoms with van der Waals surface area (Å²) in [6.07, 6.45) is 3.71. The molecule has 1 aliphatic carbocycles. The van der Waals surface area contributed by atoms with E-state index in [1.807, 2.05) is 6.07 Å². The third-order valence-corrected chi connectivity index (χ3v) is 2.25. The summed E-state index contributed by atoms with van der Waals surface area (Å²) in [4.78, 5) is 0. The molecule has 1 N–H and O–H groups in total. The van der Waals surface area contributed by atoms with E-state index in [9.17, 15) is 0 Å². The zero-order chi connectivity index (χ0) is 7.68. The van der Waals surface area contributed by atoms with Crippen molar-refractivity contribution in [1.29, 1.82) is 0 Å². The van der Waals surface area contributed by atoms with E-state index in [1.54, 1.807) is 0 Å². The van der Waals surface area contributed by atoms with Gasteiger partial charge in [-0.2, -0.15) is 0 Å². The van der Waals surface area contributed by atoms with Gasteiger partial charge in [0.1, 0.15) is 11.5 Å². The molecule has 0 aliphatic heterocycles. The highest BCUT2D eigenvalue weighted by Crippen LogP contribution is 2.36. The lowest BCUT2D eigenvalue weighted by Gasteiger charge is -2.21. The van der Waals surface area contributed by atoms with Gasteiger partial charge in [0, 0.05) is 12.0 Å². The van der Waals surface area contributed by atoms with Crippen molar-refractivity contribution in [3.05, 3.63) is 17.5 Å². The van der Waals surface area contributed by atoms with E-state index in [2.05, 4.69) is 5.16 Å². The van der Waals surface area contributed by atoms with Gasteiger partial charge in [0.05, 0.1) is 6.61 Å². The van der Waals surface area contributed by atoms with Crippen LogP contribution in [0.2, 0.25) is 0 Å². The second-order valence-electron chi connectivity index (χ2n) is 3.01. The molecule has 1 aliphatic rings. The second kappa shape index (κ2) is 2.66. The molecule has 1 saturated carbocycles. The standard InChI is InChI=1S/C8H11NO2/c10-5-7-4-8(11-9-7)6-2-1-3-6/h4,6,10H,1-3,5H2. The molecular weight excluding hydrogens is 142 g/mol. The van der Waals surface area contributed by atoms with E-state index >= 15 is 0 Å². The molecule has 0 bridgehead atoms. The molecule has 2 rings (SSSR count). The predicted molar refractivity (Wildman–Crippen MR) is 39.0 cm³/mol. The fourth-order valence-corrected chi connectivity index (χ4v) is 1.29. The van der Waals surface area contributed by atoms with Gasteiger partial charge in [0.25, 0.3) is 0 Å². The minimum atomic E-state index is -0.0176. The van der Waals surface area contributed by atoms with Gasteiger partial charge in [-0.15, -0.1) is 0 Å². The third-order valence-electron chi connectivity index (χ3n) is 2.25. The number of aromatic nitrogens is 1. The maximum absolute atomic E-state index is 8.70. The summed E-state index contributed by atoms with van der Waals surface area (Å²) in [5, 5.41) is 12.4. The Morgan fingerprint density at radius 1 is 1.64 bits per heavy atom. The highest BCUT2D eigenvalue weighted by molar-refractivity contribution is 5.11. The van der Waals surface area contributed by atoms with Crippen LogP contribution in [0.5, 0.6) is 0 Å². The van der Waals surface area contributed by atoms with E-state index in [0.29, 0.717) is 11.6 Å². The lowest BCUT2D eigenvalue weighted by molar-refractivity contribution is 0.258. The molecule has 11 heavy (non-hydrogen) atoms. The zero-order valence-electron chi connectivity index (χ0n) is 6.29. The molecule has 1 aromatic heterocycles. The topological polar surface area (TPSA) is 46.3 Å². The Bertz CT molecular complexity index is 240. The Labute approximate surface area is 65.0 Å². The Morgan fingerprint density at radius 2 is 2.45 bits per heavy atom. The van der Waals surface area contributed by atoms with Crippen LogP contribution in [0.1, 0.15) is 36.6 Å². The van der Waals surface area contributed by atoms with Crippen LogP contribution < -0.4 is 0 Å². The normalized spacial score (nSPS) is 18.3. The molecule has 0 aromatic carbocycles. The molecular formula is C8H11NO2. The molecule has 0 radical (unpaired) electrons. The first-order chi connectivity index (χ1) is 5.40. The third kappa shape index (κ3) is 1.16. The van der Waals surface area contributed by atoms with E-state index in [0.717, 1.165) is 5.76 Å². The molecule has 1 fully saturated rings. The average Bonchev–Trinajstić information content (AvgIpc) is 2.32. The van der Waals surface area contributed by atoms with Gasteiger partial charge in [-0.05, 0) is 12.8 Å². The van der Waals surface area contributed by atoms with Crippen molar-refractivity contribution < 1.29 is 9.63 Å². The Hall–Kier alpha value is -0.830. The van der Waals surface area contributed by atoms with Gasteiger partial charge in [0.2, 0.25) is 0 Å². The summed E-state index contributed by atoms with van der Waals surface area (Å²) >= 11 is 0.